The largest absolute Gasteiger partial charge is 0.497 e. The van der Waals surface area contributed by atoms with Crippen molar-refractivity contribution in [3.05, 3.63) is 48.2 Å². The number of methoxy groups -OCH3 is 1. The third-order valence-electron chi connectivity index (χ3n) is 7.06. The molecule has 38 heavy (non-hydrogen) atoms. The second-order valence-corrected chi connectivity index (χ2v) is 9.84. The molecule has 1 aromatic carbocycles. The molecular weight excluding hydrogens is 528 g/mol. The fourth-order valence-electron chi connectivity index (χ4n) is 4.89. The van der Waals surface area contributed by atoms with Crippen molar-refractivity contribution in [2.75, 3.05) is 20.3 Å². The van der Waals surface area contributed by atoms with Crippen LogP contribution in [0.4, 0.5) is 0 Å². The quantitative estimate of drug-likeness (QED) is 0.128. The van der Waals surface area contributed by atoms with Crippen LogP contribution in [0.5, 0.6) is 5.75 Å². The Morgan fingerprint density at radius 3 is 2.45 bits per heavy atom. The molecule has 6 N–H and O–H groups in total. The summed E-state index contributed by atoms with van der Waals surface area (Å²) in [5, 5.41) is 60.8. The van der Waals surface area contributed by atoms with Crippen molar-refractivity contribution in [2.45, 2.75) is 54.1 Å². The van der Waals surface area contributed by atoms with Crippen LogP contribution in [0, 0.1) is 11.8 Å². The Morgan fingerprint density at radius 1 is 1.08 bits per heavy atom. The van der Waals surface area contributed by atoms with E-state index in [9.17, 15) is 35.4 Å². The van der Waals surface area contributed by atoms with Crippen LogP contribution in [0.15, 0.2) is 42.7 Å². The number of aliphatic hydroxyl groups is 6. The van der Waals surface area contributed by atoms with E-state index < -0.39 is 85.1 Å². The van der Waals surface area contributed by atoms with Gasteiger partial charge >= 0.3 is 5.97 Å². The van der Waals surface area contributed by atoms with Gasteiger partial charge in [-0.2, -0.15) is 0 Å². The smallest absolute Gasteiger partial charge is 0.330 e. The van der Waals surface area contributed by atoms with E-state index in [0.29, 0.717) is 11.3 Å². The molecule has 1 aliphatic carbocycles. The molecule has 3 aliphatic rings. The summed E-state index contributed by atoms with van der Waals surface area (Å²) < 4.78 is 26.9. The summed E-state index contributed by atoms with van der Waals surface area (Å²) >= 11 is 6.40. The van der Waals surface area contributed by atoms with Gasteiger partial charge in [-0.25, -0.2) is 4.79 Å². The predicted octanol–water partition coefficient (Wildman–Crippen LogP) is -1.12. The molecule has 0 unspecified atom stereocenters. The molecule has 1 aromatic rings. The summed E-state index contributed by atoms with van der Waals surface area (Å²) in [7, 11) is 1.54. The van der Waals surface area contributed by atoms with Crippen LogP contribution in [0.1, 0.15) is 5.56 Å². The topological polar surface area (TPSA) is 185 Å². The van der Waals surface area contributed by atoms with Crippen LogP contribution in [-0.4, -0.2) is 111 Å². The minimum Gasteiger partial charge on any atom is -0.497 e. The Balaban J connectivity index is 1.47. The van der Waals surface area contributed by atoms with Crippen molar-refractivity contribution in [1.82, 2.24) is 0 Å². The summed E-state index contributed by atoms with van der Waals surface area (Å²) in [4.78, 5) is 12.4. The van der Waals surface area contributed by atoms with Gasteiger partial charge in [-0.3, -0.25) is 0 Å². The van der Waals surface area contributed by atoms with Crippen LogP contribution in [-0.2, 0) is 23.7 Å². The fraction of sp³-hybridized carbons (Fsp3) is 0.560. The number of ether oxygens (including phenoxy) is 5. The predicted molar refractivity (Wildman–Crippen MR) is 129 cm³/mol. The number of carbonyl (C=O) groups excluding carboxylic acids is 1. The van der Waals surface area contributed by atoms with Gasteiger partial charge in [-0.05, 0) is 29.8 Å². The normalized spacial score (nSPS) is 40.5. The Morgan fingerprint density at radius 2 is 1.79 bits per heavy atom. The van der Waals surface area contributed by atoms with Gasteiger partial charge in [0.05, 0.1) is 37.4 Å². The molecule has 2 fully saturated rings. The number of carbonyl (C=O) groups is 1. The van der Waals surface area contributed by atoms with Crippen molar-refractivity contribution in [2.24, 2.45) is 11.8 Å². The standard InChI is InChI=1S/C25H31ClO12/c1-34-13-5-2-12(3-6-13)4-7-16(28)36-11-25(33)17-14(18(29)22(25)26)8-9-35-23(17)38-24-21(32)20(31)19(30)15(10-27)37-24/h2-9,14-15,17-24,27,29-33H,10-11H2,1H3/b7-4-/t14-,15-,17-,18+,19-,20+,21-,22-,23+,24+,25-/m1/s1. The molecule has 0 bridgehead atoms. The molecule has 13 heteroatoms. The van der Waals surface area contributed by atoms with Crippen molar-refractivity contribution >= 4 is 23.6 Å². The summed E-state index contributed by atoms with van der Waals surface area (Å²) in [6.45, 7) is -1.30. The van der Waals surface area contributed by atoms with Crippen molar-refractivity contribution < 1.29 is 59.1 Å². The molecule has 0 radical (unpaired) electrons. The minimum atomic E-state index is -2.04. The Bertz CT molecular complexity index is 1020. The zero-order valence-electron chi connectivity index (χ0n) is 20.3. The zero-order valence-corrected chi connectivity index (χ0v) is 21.1. The fourth-order valence-corrected chi connectivity index (χ4v) is 5.26. The molecular formula is C25H31ClO12. The lowest BCUT2D eigenvalue weighted by Gasteiger charge is -2.44. The second-order valence-electron chi connectivity index (χ2n) is 9.37. The van der Waals surface area contributed by atoms with E-state index in [-0.39, 0.29) is 0 Å². The van der Waals surface area contributed by atoms with Gasteiger partial charge in [0.2, 0.25) is 6.29 Å². The van der Waals surface area contributed by atoms with E-state index in [1.807, 2.05) is 0 Å². The molecule has 11 atom stereocenters. The third kappa shape index (κ3) is 5.55. The first kappa shape index (κ1) is 28.7. The molecule has 210 valence electrons. The molecule has 0 amide bonds. The zero-order chi connectivity index (χ0) is 27.6. The number of alkyl halides is 1. The number of aliphatic hydroxyl groups excluding tert-OH is 5. The second kappa shape index (κ2) is 11.9. The average molecular weight is 559 g/mol. The van der Waals surface area contributed by atoms with Crippen LogP contribution in [0.2, 0.25) is 0 Å². The summed E-state index contributed by atoms with van der Waals surface area (Å²) in [5.74, 6) is -2.02. The maximum atomic E-state index is 12.4. The number of esters is 1. The van der Waals surface area contributed by atoms with Gasteiger partial charge in [-0.15, -0.1) is 11.6 Å². The van der Waals surface area contributed by atoms with Crippen molar-refractivity contribution in [3.63, 3.8) is 0 Å². The highest BCUT2D eigenvalue weighted by Gasteiger charge is 2.64. The van der Waals surface area contributed by atoms with E-state index in [1.54, 1.807) is 24.3 Å². The molecule has 0 aromatic heterocycles. The highest BCUT2D eigenvalue weighted by Crippen LogP contribution is 2.49. The van der Waals surface area contributed by atoms with E-state index in [1.165, 1.54) is 25.5 Å². The summed E-state index contributed by atoms with van der Waals surface area (Å²) in [6, 6.07) is 6.90. The molecule has 1 saturated carbocycles. The number of benzene rings is 1. The Labute approximate surface area is 223 Å². The van der Waals surface area contributed by atoms with E-state index in [2.05, 4.69) is 0 Å². The maximum absolute atomic E-state index is 12.4. The van der Waals surface area contributed by atoms with E-state index >= 15 is 0 Å². The monoisotopic (exact) mass is 558 g/mol. The minimum absolute atomic E-state index is 0.628. The van der Waals surface area contributed by atoms with Crippen molar-refractivity contribution in [1.29, 1.82) is 0 Å². The summed E-state index contributed by atoms with van der Waals surface area (Å²) in [6.07, 6.45) is -5.14. The molecule has 2 aliphatic heterocycles. The van der Waals surface area contributed by atoms with Crippen LogP contribution >= 0.6 is 11.6 Å². The highest BCUT2D eigenvalue weighted by atomic mass is 35.5. The molecule has 0 spiro atoms. The van der Waals surface area contributed by atoms with Gasteiger partial charge in [0.25, 0.3) is 0 Å². The molecule has 1 saturated heterocycles. The SMILES string of the molecule is COc1ccc(/C=C\C(=O)OC[C@@]2(O)[C@H]3[C@H](O[C@@H]4O[C@H](CO)[C@@H](O)[C@H](O)[C@H]4O)OC=C[C@H]3[C@H](O)[C@H]2Cl)cc1. The van der Waals surface area contributed by atoms with Crippen LogP contribution in [0.25, 0.3) is 6.08 Å². The first-order valence-corrected chi connectivity index (χ1v) is 12.4. The van der Waals surface area contributed by atoms with Gasteiger partial charge in [0.15, 0.2) is 6.29 Å². The number of fused-ring (bicyclic) bond motifs is 1. The van der Waals surface area contributed by atoms with Crippen molar-refractivity contribution in [3.8, 4) is 5.75 Å². The van der Waals surface area contributed by atoms with Gasteiger partial charge in [0.1, 0.15) is 42.4 Å². The molecule has 12 nitrogen and oxygen atoms in total. The van der Waals surface area contributed by atoms with Gasteiger partial charge < -0.3 is 54.3 Å². The van der Waals surface area contributed by atoms with Crippen LogP contribution in [0.3, 0.4) is 0 Å². The lowest BCUT2D eigenvalue weighted by atomic mass is 9.84. The highest BCUT2D eigenvalue weighted by molar-refractivity contribution is 6.22. The van der Waals surface area contributed by atoms with Gasteiger partial charge in [0, 0.05) is 12.0 Å². The van der Waals surface area contributed by atoms with E-state index in [0.717, 1.165) is 6.08 Å². The Hall–Kier alpha value is -2.26. The molecule has 4 rings (SSSR count). The summed E-state index contributed by atoms with van der Waals surface area (Å²) in [5.41, 5.74) is -1.34. The number of hydrogen-bond donors (Lipinski definition) is 6. The number of rotatable bonds is 8. The first-order chi connectivity index (χ1) is 18.1. The van der Waals surface area contributed by atoms with Gasteiger partial charge in [-0.1, -0.05) is 12.1 Å². The van der Waals surface area contributed by atoms with E-state index in [4.69, 9.17) is 35.3 Å². The third-order valence-corrected chi connectivity index (χ3v) is 7.70. The Kier molecular flexibility index (Phi) is 8.97. The lowest BCUT2D eigenvalue weighted by molar-refractivity contribution is -0.347. The average Bonchev–Trinajstić information content (AvgIpc) is 3.13. The first-order valence-electron chi connectivity index (χ1n) is 11.9. The maximum Gasteiger partial charge on any atom is 0.330 e. The lowest BCUT2D eigenvalue weighted by Crippen LogP contribution is -2.61. The van der Waals surface area contributed by atoms with Crippen LogP contribution < -0.4 is 4.74 Å². The number of hydrogen-bond acceptors (Lipinski definition) is 12. The molecule has 2 heterocycles. The number of halogens is 1.